The molecule has 0 aromatic heterocycles. The van der Waals surface area contributed by atoms with Gasteiger partial charge in [-0.25, -0.2) is 0 Å². The lowest BCUT2D eigenvalue weighted by atomic mass is 9.89. The number of nitrogens with two attached hydrogens (primary N) is 1. The van der Waals surface area contributed by atoms with E-state index < -0.39 is 0 Å². The van der Waals surface area contributed by atoms with Gasteiger partial charge in [0.25, 0.3) is 0 Å². The van der Waals surface area contributed by atoms with Crippen LogP contribution >= 0.6 is 27.5 Å². The molecule has 1 aromatic rings. The summed E-state index contributed by atoms with van der Waals surface area (Å²) in [6.07, 6.45) is 2.24. The van der Waals surface area contributed by atoms with E-state index in [2.05, 4.69) is 15.9 Å². The Labute approximate surface area is 109 Å². The smallest absolute Gasteiger partial charge is 0.0548 e. The summed E-state index contributed by atoms with van der Waals surface area (Å²) in [5.41, 5.74) is 7.36. The lowest BCUT2D eigenvalue weighted by Crippen LogP contribution is -2.29. The molecule has 0 aliphatic carbocycles. The van der Waals surface area contributed by atoms with Crippen molar-refractivity contribution in [3.63, 3.8) is 0 Å². The van der Waals surface area contributed by atoms with E-state index in [4.69, 9.17) is 22.1 Å². The largest absolute Gasteiger partial charge is 0.381 e. The van der Waals surface area contributed by atoms with E-state index in [0.29, 0.717) is 5.92 Å². The van der Waals surface area contributed by atoms with Gasteiger partial charge in [-0.2, -0.15) is 0 Å². The molecule has 0 saturated carbocycles. The number of benzene rings is 1. The highest BCUT2D eigenvalue weighted by molar-refractivity contribution is 9.10. The third-order valence-corrected chi connectivity index (χ3v) is 4.25. The molecule has 2 nitrogen and oxygen atoms in total. The Balaban J connectivity index is 2.12. The molecule has 0 radical (unpaired) electrons. The second kappa shape index (κ2) is 5.50. The molecule has 88 valence electrons. The van der Waals surface area contributed by atoms with Gasteiger partial charge in [0, 0.05) is 23.0 Å². The Hall–Kier alpha value is -0.0900. The molecule has 0 spiro atoms. The molecule has 1 aromatic carbocycles. The average Bonchev–Trinajstić information content (AvgIpc) is 2.33. The molecule has 0 amide bonds. The highest BCUT2D eigenvalue weighted by Crippen LogP contribution is 2.31. The molecule has 1 aliphatic heterocycles. The highest BCUT2D eigenvalue weighted by atomic mass is 79.9. The lowest BCUT2D eigenvalue weighted by Gasteiger charge is -2.28. The summed E-state index contributed by atoms with van der Waals surface area (Å²) in [4.78, 5) is 0. The second-order valence-corrected chi connectivity index (χ2v) is 5.44. The number of halogens is 2. The fourth-order valence-corrected chi connectivity index (χ4v) is 2.55. The maximum Gasteiger partial charge on any atom is 0.0548 e. The molecule has 1 fully saturated rings. The number of hydrogen-bond acceptors (Lipinski definition) is 2. The van der Waals surface area contributed by atoms with Crippen molar-refractivity contribution >= 4 is 27.5 Å². The molecule has 1 aliphatic rings. The molecule has 2 atom stereocenters. The predicted octanol–water partition coefficient (Wildman–Crippen LogP) is 3.53. The van der Waals surface area contributed by atoms with Crippen LogP contribution in [0.3, 0.4) is 0 Å². The van der Waals surface area contributed by atoms with Gasteiger partial charge in [0.15, 0.2) is 0 Å². The van der Waals surface area contributed by atoms with Gasteiger partial charge in [0.05, 0.1) is 11.6 Å². The first kappa shape index (κ1) is 12.4. The van der Waals surface area contributed by atoms with Crippen LogP contribution in [0.15, 0.2) is 22.7 Å². The molecule has 1 heterocycles. The maximum atomic E-state index is 6.24. The number of rotatable bonds is 2. The number of ether oxygens (including phenoxy) is 1. The van der Waals surface area contributed by atoms with Gasteiger partial charge in [-0.3, -0.25) is 0 Å². The second-order valence-electron chi connectivity index (χ2n) is 4.18. The first-order valence-corrected chi connectivity index (χ1v) is 6.64. The van der Waals surface area contributed by atoms with E-state index in [1.54, 1.807) is 0 Å². The van der Waals surface area contributed by atoms with Crippen molar-refractivity contribution in [1.82, 2.24) is 0 Å². The molecule has 4 heteroatoms. The van der Waals surface area contributed by atoms with Crippen molar-refractivity contribution in [3.05, 3.63) is 33.3 Å². The normalized spacial score (nSPS) is 23.1. The van der Waals surface area contributed by atoms with Gasteiger partial charge in [0.1, 0.15) is 0 Å². The van der Waals surface area contributed by atoms with E-state index in [1.165, 1.54) is 0 Å². The Bertz CT molecular complexity index is 366. The highest BCUT2D eigenvalue weighted by Gasteiger charge is 2.22. The molecule has 0 bridgehead atoms. The first-order valence-electron chi connectivity index (χ1n) is 5.47. The molecule has 16 heavy (non-hydrogen) atoms. The third-order valence-electron chi connectivity index (χ3n) is 3.03. The van der Waals surface area contributed by atoms with Crippen molar-refractivity contribution < 1.29 is 4.74 Å². The molecular formula is C12H15BrClNO. The van der Waals surface area contributed by atoms with E-state index in [0.717, 1.165) is 41.1 Å². The molecular weight excluding hydrogens is 289 g/mol. The zero-order chi connectivity index (χ0) is 11.5. The van der Waals surface area contributed by atoms with Crippen LogP contribution in [0.25, 0.3) is 0 Å². The van der Waals surface area contributed by atoms with Crippen LogP contribution in [0.1, 0.15) is 24.4 Å². The van der Waals surface area contributed by atoms with Gasteiger partial charge >= 0.3 is 0 Å². The SMILES string of the molecule is NC(c1ccc(Cl)c(Br)c1)C1CCCOC1. The van der Waals surface area contributed by atoms with E-state index >= 15 is 0 Å². The fourth-order valence-electron chi connectivity index (χ4n) is 2.04. The summed E-state index contributed by atoms with van der Waals surface area (Å²) in [7, 11) is 0. The summed E-state index contributed by atoms with van der Waals surface area (Å²) in [5.74, 6) is 0.418. The van der Waals surface area contributed by atoms with Crippen LogP contribution in [0.4, 0.5) is 0 Å². The van der Waals surface area contributed by atoms with Crippen LogP contribution in [-0.4, -0.2) is 13.2 Å². The lowest BCUT2D eigenvalue weighted by molar-refractivity contribution is 0.0447. The average molecular weight is 305 g/mol. The van der Waals surface area contributed by atoms with Crippen LogP contribution in [0.2, 0.25) is 5.02 Å². The topological polar surface area (TPSA) is 35.2 Å². The van der Waals surface area contributed by atoms with Crippen molar-refractivity contribution in [1.29, 1.82) is 0 Å². The zero-order valence-corrected chi connectivity index (χ0v) is 11.3. The minimum Gasteiger partial charge on any atom is -0.381 e. The first-order chi connectivity index (χ1) is 7.68. The van der Waals surface area contributed by atoms with Crippen LogP contribution in [0, 0.1) is 5.92 Å². The van der Waals surface area contributed by atoms with Crippen molar-refractivity contribution in [3.8, 4) is 0 Å². The molecule has 2 rings (SSSR count). The van der Waals surface area contributed by atoms with Crippen LogP contribution < -0.4 is 5.73 Å². The van der Waals surface area contributed by atoms with Crippen molar-refractivity contribution in [2.45, 2.75) is 18.9 Å². The number of hydrogen-bond donors (Lipinski definition) is 1. The van der Waals surface area contributed by atoms with Gasteiger partial charge in [-0.15, -0.1) is 0 Å². The molecule has 1 saturated heterocycles. The zero-order valence-electron chi connectivity index (χ0n) is 8.96. The summed E-state index contributed by atoms with van der Waals surface area (Å²) >= 11 is 9.38. The van der Waals surface area contributed by atoms with Gasteiger partial charge < -0.3 is 10.5 Å². The van der Waals surface area contributed by atoms with E-state index in [1.807, 2.05) is 18.2 Å². The summed E-state index contributed by atoms with van der Waals surface area (Å²) in [6, 6.07) is 5.91. The Morgan fingerprint density at radius 2 is 2.31 bits per heavy atom. The van der Waals surface area contributed by atoms with Crippen LogP contribution in [0.5, 0.6) is 0 Å². The summed E-state index contributed by atoms with van der Waals surface area (Å²) < 4.78 is 6.36. The van der Waals surface area contributed by atoms with Crippen LogP contribution in [-0.2, 0) is 4.74 Å². The molecule has 2 N–H and O–H groups in total. The standard InChI is InChI=1S/C12H15BrClNO/c13-10-6-8(3-4-11(10)14)12(15)9-2-1-5-16-7-9/h3-4,6,9,12H,1-2,5,7,15H2. The monoisotopic (exact) mass is 303 g/mol. The Kier molecular flexibility index (Phi) is 4.25. The van der Waals surface area contributed by atoms with E-state index in [-0.39, 0.29) is 6.04 Å². The molecule has 2 unspecified atom stereocenters. The quantitative estimate of drug-likeness (QED) is 0.907. The minimum absolute atomic E-state index is 0.0360. The van der Waals surface area contributed by atoms with Gasteiger partial charge in [-0.05, 0) is 46.5 Å². The van der Waals surface area contributed by atoms with E-state index in [9.17, 15) is 0 Å². The Morgan fingerprint density at radius 3 is 2.94 bits per heavy atom. The Morgan fingerprint density at radius 1 is 1.50 bits per heavy atom. The fraction of sp³-hybridized carbons (Fsp3) is 0.500. The van der Waals surface area contributed by atoms with Gasteiger partial charge in [0.2, 0.25) is 0 Å². The van der Waals surface area contributed by atoms with Crippen molar-refractivity contribution in [2.75, 3.05) is 13.2 Å². The maximum absolute atomic E-state index is 6.24. The summed E-state index contributed by atoms with van der Waals surface area (Å²) in [6.45, 7) is 1.63. The van der Waals surface area contributed by atoms with Crippen molar-refractivity contribution in [2.24, 2.45) is 11.7 Å². The van der Waals surface area contributed by atoms with Gasteiger partial charge in [-0.1, -0.05) is 17.7 Å². The summed E-state index contributed by atoms with van der Waals surface area (Å²) in [5, 5.41) is 0.718. The predicted molar refractivity (Wildman–Crippen MR) is 69.6 cm³/mol. The third kappa shape index (κ3) is 2.77. The minimum atomic E-state index is 0.0360.